The summed E-state index contributed by atoms with van der Waals surface area (Å²) >= 11 is 5.38. The molecule has 2 heterocycles. The van der Waals surface area contributed by atoms with Crippen molar-refractivity contribution in [1.29, 1.82) is 0 Å². The molecule has 0 unspecified atom stereocenters. The van der Waals surface area contributed by atoms with Gasteiger partial charge in [-0.2, -0.15) is 0 Å². The van der Waals surface area contributed by atoms with E-state index in [0.717, 1.165) is 52.8 Å². The number of benzene rings is 2. The molecule has 0 spiro atoms. The van der Waals surface area contributed by atoms with E-state index in [2.05, 4.69) is 61.0 Å². The van der Waals surface area contributed by atoms with Crippen LogP contribution in [-0.4, -0.2) is 33.2 Å². The molecule has 1 saturated heterocycles. The first-order valence-corrected chi connectivity index (χ1v) is 10.6. The molecule has 4 nitrogen and oxygen atoms in total. The van der Waals surface area contributed by atoms with Gasteiger partial charge in [0.05, 0.1) is 12.6 Å². The number of aromatic nitrogens is 3. The molecule has 26 heavy (non-hydrogen) atoms. The number of nitrogens with zero attached hydrogens (tertiary/aromatic N) is 3. The van der Waals surface area contributed by atoms with Gasteiger partial charge in [0.15, 0.2) is 11.0 Å². The van der Waals surface area contributed by atoms with E-state index in [1.165, 1.54) is 5.56 Å². The van der Waals surface area contributed by atoms with Crippen LogP contribution in [0.3, 0.4) is 0 Å². The smallest absolute Gasteiger partial charge is 0.191 e. The van der Waals surface area contributed by atoms with E-state index in [-0.39, 0.29) is 0 Å². The van der Waals surface area contributed by atoms with Gasteiger partial charge in [0, 0.05) is 22.4 Å². The number of hydrogen-bond acceptors (Lipinski definition) is 4. The zero-order chi connectivity index (χ0) is 17.8. The standard InChI is InChI=1S/C20H20BrN3OS/c21-18-11-5-4-10-17(18)19-22-23-20(26-14-16-9-6-12-25-16)24(19)13-15-7-2-1-3-8-15/h1-5,7-8,10-11,16H,6,9,12-14H2/t16-/m1/s1. The minimum absolute atomic E-state index is 0.328. The van der Waals surface area contributed by atoms with E-state index in [0.29, 0.717) is 6.10 Å². The monoisotopic (exact) mass is 429 g/mol. The third kappa shape index (κ3) is 4.03. The quantitative estimate of drug-likeness (QED) is 0.515. The molecule has 0 amide bonds. The first-order valence-electron chi connectivity index (χ1n) is 8.77. The van der Waals surface area contributed by atoms with E-state index in [4.69, 9.17) is 4.74 Å². The van der Waals surface area contributed by atoms with Crippen LogP contribution in [0.15, 0.2) is 64.2 Å². The predicted molar refractivity (Wildman–Crippen MR) is 108 cm³/mol. The minimum Gasteiger partial charge on any atom is -0.377 e. The lowest BCUT2D eigenvalue weighted by Gasteiger charge is -2.13. The second kappa shape index (κ2) is 8.37. The fourth-order valence-corrected chi connectivity index (χ4v) is 4.55. The van der Waals surface area contributed by atoms with Crippen LogP contribution in [0.2, 0.25) is 0 Å². The molecule has 6 heteroatoms. The van der Waals surface area contributed by atoms with Crippen LogP contribution in [0.5, 0.6) is 0 Å². The maximum Gasteiger partial charge on any atom is 0.191 e. The Kier molecular flexibility index (Phi) is 5.72. The summed E-state index contributed by atoms with van der Waals surface area (Å²) in [5.74, 6) is 1.80. The first-order chi connectivity index (χ1) is 12.8. The molecular formula is C20H20BrN3OS. The number of thioether (sulfide) groups is 1. The van der Waals surface area contributed by atoms with Crippen molar-refractivity contribution >= 4 is 27.7 Å². The lowest BCUT2D eigenvalue weighted by molar-refractivity contribution is 0.129. The van der Waals surface area contributed by atoms with Gasteiger partial charge in [-0.05, 0) is 24.5 Å². The first kappa shape index (κ1) is 17.8. The molecule has 0 radical (unpaired) electrons. The summed E-state index contributed by atoms with van der Waals surface area (Å²) < 4.78 is 8.99. The van der Waals surface area contributed by atoms with Crippen molar-refractivity contribution in [2.45, 2.75) is 30.6 Å². The highest BCUT2D eigenvalue weighted by molar-refractivity contribution is 9.10. The lowest BCUT2D eigenvalue weighted by Crippen LogP contribution is -2.10. The van der Waals surface area contributed by atoms with Gasteiger partial charge in [0.1, 0.15) is 0 Å². The fourth-order valence-electron chi connectivity index (χ4n) is 3.09. The summed E-state index contributed by atoms with van der Waals surface area (Å²) in [5.41, 5.74) is 2.29. The van der Waals surface area contributed by atoms with Crippen molar-refractivity contribution in [1.82, 2.24) is 14.8 Å². The lowest BCUT2D eigenvalue weighted by atomic mass is 10.2. The van der Waals surface area contributed by atoms with Crippen molar-refractivity contribution in [3.63, 3.8) is 0 Å². The molecule has 134 valence electrons. The third-order valence-electron chi connectivity index (χ3n) is 4.44. The predicted octanol–water partition coefficient (Wildman–Crippen LogP) is 5.03. The highest BCUT2D eigenvalue weighted by atomic mass is 79.9. The molecule has 1 aromatic heterocycles. The van der Waals surface area contributed by atoms with Gasteiger partial charge in [-0.25, -0.2) is 0 Å². The summed E-state index contributed by atoms with van der Waals surface area (Å²) in [6.45, 7) is 1.63. The Bertz CT molecular complexity index is 863. The largest absolute Gasteiger partial charge is 0.377 e. The molecule has 1 aliphatic rings. The summed E-state index contributed by atoms with van der Waals surface area (Å²) in [5, 5.41) is 9.94. The van der Waals surface area contributed by atoms with Crippen LogP contribution < -0.4 is 0 Å². The molecule has 2 aromatic carbocycles. The Labute approximate surface area is 166 Å². The maximum absolute atomic E-state index is 5.76. The van der Waals surface area contributed by atoms with Crippen LogP contribution in [-0.2, 0) is 11.3 Å². The van der Waals surface area contributed by atoms with Gasteiger partial charge in [0.2, 0.25) is 0 Å². The molecule has 0 aliphatic carbocycles. The second-order valence-corrected chi connectivity index (χ2v) is 8.15. The summed E-state index contributed by atoms with van der Waals surface area (Å²) in [7, 11) is 0. The Balaban J connectivity index is 1.66. The van der Waals surface area contributed by atoms with Crippen molar-refractivity contribution < 1.29 is 4.74 Å². The van der Waals surface area contributed by atoms with Gasteiger partial charge < -0.3 is 4.74 Å². The Morgan fingerprint density at radius 3 is 2.65 bits per heavy atom. The molecule has 4 rings (SSSR count). The Morgan fingerprint density at radius 2 is 1.88 bits per heavy atom. The highest BCUT2D eigenvalue weighted by Crippen LogP contribution is 2.31. The number of halogens is 1. The third-order valence-corrected chi connectivity index (χ3v) is 6.23. The average Bonchev–Trinajstić information content (AvgIpc) is 3.32. The topological polar surface area (TPSA) is 39.9 Å². The second-order valence-electron chi connectivity index (χ2n) is 6.30. The molecular weight excluding hydrogens is 410 g/mol. The fraction of sp³-hybridized carbons (Fsp3) is 0.300. The number of rotatable bonds is 6. The van der Waals surface area contributed by atoms with Gasteiger partial charge in [-0.3, -0.25) is 4.57 Å². The van der Waals surface area contributed by atoms with Crippen molar-refractivity contribution in [3.8, 4) is 11.4 Å². The van der Waals surface area contributed by atoms with Gasteiger partial charge in [-0.1, -0.05) is 76.2 Å². The van der Waals surface area contributed by atoms with E-state index in [1.54, 1.807) is 11.8 Å². The summed E-state index contributed by atoms with van der Waals surface area (Å²) in [6.07, 6.45) is 2.62. The van der Waals surface area contributed by atoms with Gasteiger partial charge in [-0.15, -0.1) is 10.2 Å². The zero-order valence-corrected chi connectivity index (χ0v) is 16.7. The Morgan fingerprint density at radius 1 is 1.08 bits per heavy atom. The van der Waals surface area contributed by atoms with Crippen LogP contribution >= 0.6 is 27.7 Å². The summed E-state index contributed by atoms with van der Waals surface area (Å²) in [4.78, 5) is 0. The van der Waals surface area contributed by atoms with Crippen LogP contribution in [0, 0.1) is 0 Å². The van der Waals surface area contributed by atoms with Crippen LogP contribution in [0.4, 0.5) is 0 Å². The average molecular weight is 430 g/mol. The van der Waals surface area contributed by atoms with Crippen LogP contribution in [0.25, 0.3) is 11.4 Å². The minimum atomic E-state index is 0.328. The number of hydrogen-bond donors (Lipinski definition) is 0. The molecule has 1 aliphatic heterocycles. The normalized spacial score (nSPS) is 16.9. The van der Waals surface area contributed by atoms with Crippen molar-refractivity contribution in [2.24, 2.45) is 0 Å². The molecule has 1 fully saturated rings. The van der Waals surface area contributed by atoms with E-state index < -0.39 is 0 Å². The van der Waals surface area contributed by atoms with E-state index >= 15 is 0 Å². The van der Waals surface area contributed by atoms with Gasteiger partial charge >= 0.3 is 0 Å². The van der Waals surface area contributed by atoms with E-state index in [1.807, 2.05) is 24.3 Å². The summed E-state index contributed by atoms with van der Waals surface area (Å²) in [6, 6.07) is 18.6. The molecule has 0 bridgehead atoms. The zero-order valence-electron chi connectivity index (χ0n) is 14.3. The molecule has 1 atom stereocenters. The SMILES string of the molecule is Brc1ccccc1-c1nnc(SC[C@H]2CCCO2)n1Cc1ccccc1. The number of ether oxygens (including phenoxy) is 1. The van der Waals surface area contributed by atoms with Crippen molar-refractivity contribution in [3.05, 3.63) is 64.6 Å². The van der Waals surface area contributed by atoms with Crippen molar-refractivity contribution in [2.75, 3.05) is 12.4 Å². The van der Waals surface area contributed by atoms with E-state index in [9.17, 15) is 0 Å². The highest BCUT2D eigenvalue weighted by Gasteiger charge is 2.20. The molecule has 0 saturated carbocycles. The van der Waals surface area contributed by atoms with Gasteiger partial charge in [0.25, 0.3) is 0 Å². The molecule has 3 aromatic rings. The Hall–Kier alpha value is -1.63. The maximum atomic E-state index is 5.76. The molecule has 0 N–H and O–H groups in total. The van der Waals surface area contributed by atoms with Crippen LogP contribution in [0.1, 0.15) is 18.4 Å².